The molecule has 0 aromatic carbocycles. The summed E-state index contributed by atoms with van der Waals surface area (Å²) in [4.78, 5) is 30.8. The molecule has 146 valence electrons. The zero-order valence-electron chi connectivity index (χ0n) is 18.9. The Morgan fingerprint density at radius 2 is 0.741 bits per heavy atom. The number of unbranched alkanes of at least 4 members (excludes halogenated alkanes) is 16. The van der Waals surface area contributed by atoms with Crippen LogP contribution in [0.15, 0.2) is 0 Å². The van der Waals surface area contributed by atoms with Crippen LogP contribution < -0.4 is 169 Å². The number of rotatable bonds is 19. The molecule has 0 N–H and O–H groups in total. The van der Waals surface area contributed by atoms with Crippen LogP contribution in [0.2, 0.25) is 0 Å². The zero-order valence-corrected chi connectivity index (χ0v) is 29.2. The molecule has 0 bridgehead atoms. The van der Waals surface area contributed by atoms with E-state index in [1.165, 1.54) is 89.9 Å². The molecule has 4 nitrogen and oxygen atoms in total. The Balaban J connectivity index is -0.000000882. The van der Waals surface area contributed by atoms with Crippen LogP contribution in [0.1, 0.15) is 116 Å². The van der Waals surface area contributed by atoms with E-state index in [0.29, 0.717) is 6.42 Å². The third-order valence-electron chi connectivity index (χ3n) is 4.53. The molecule has 0 aromatic heterocycles. The maximum absolute atomic E-state index is 10.3. The molecule has 0 unspecified atom stereocenters. The molecule has 0 spiro atoms. The van der Waals surface area contributed by atoms with Crippen molar-refractivity contribution in [2.45, 2.75) is 116 Å². The summed E-state index contributed by atoms with van der Waals surface area (Å²) in [6.07, 6.45) is 21.8. The molecule has 0 saturated heterocycles. The van der Waals surface area contributed by atoms with Gasteiger partial charge in [-0.2, -0.15) is 0 Å². The van der Waals surface area contributed by atoms with Gasteiger partial charge in [0.1, 0.15) is 0 Å². The molecular formula is C19H39K3O4Si. The van der Waals surface area contributed by atoms with Gasteiger partial charge in [-0.1, -0.05) is 110 Å². The maximum Gasteiger partial charge on any atom is 1.00 e. The first kappa shape index (κ1) is 39.2. The minimum absolute atomic E-state index is 0. The summed E-state index contributed by atoms with van der Waals surface area (Å²) in [7, 11) is -5.02. The predicted molar refractivity (Wildman–Crippen MR) is 95.9 cm³/mol. The van der Waals surface area contributed by atoms with E-state index in [4.69, 9.17) is 0 Å². The minimum atomic E-state index is -5.02. The molecule has 0 radical (unpaired) electrons. The second kappa shape index (κ2) is 31.0. The second-order valence-corrected chi connectivity index (χ2v) is 8.29. The van der Waals surface area contributed by atoms with Gasteiger partial charge < -0.3 is 18.8 Å². The van der Waals surface area contributed by atoms with Gasteiger partial charge in [0.2, 0.25) is 0 Å². The van der Waals surface area contributed by atoms with Gasteiger partial charge in [0, 0.05) is 6.61 Å². The van der Waals surface area contributed by atoms with Gasteiger partial charge in [-0.25, -0.2) is 0 Å². The second-order valence-electron chi connectivity index (χ2n) is 7.01. The molecule has 27 heavy (non-hydrogen) atoms. The molecule has 0 atom stereocenters. The van der Waals surface area contributed by atoms with E-state index in [-0.39, 0.29) is 161 Å². The first-order chi connectivity index (χ1) is 11.6. The van der Waals surface area contributed by atoms with Crippen molar-refractivity contribution in [2.75, 3.05) is 6.61 Å². The molecule has 0 heterocycles. The maximum atomic E-state index is 10.3. The van der Waals surface area contributed by atoms with Crippen LogP contribution in [-0.4, -0.2) is 15.7 Å². The third kappa shape index (κ3) is 38.5. The van der Waals surface area contributed by atoms with Crippen LogP contribution in [-0.2, 0) is 4.43 Å². The Kier molecular flexibility index (Phi) is 44.9. The van der Waals surface area contributed by atoms with E-state index in [0.717, 1.165) is 12.8 Å². The Labute approximate surface area is 297 Å². The SMILES string of the molecule is CCCCCCCCCCCCCCCCCCCO[Si]([O-])([O-])[O-].[K+].[K+].[K+]. The third-order valence-corrected chi connectivity index (χ3v) is 5.08. The fraction of sp³-hybridized carbons (Fsp3) is 1.00. The van der Waals surface area contributed by atoms with E-state index >= 15 is 0 Å². The van der Waals surface area contributed by atoms with Gasteiger partial charge in [0.25, 0.3) is 0 Å². The zero-order chi connectivity index (χ0) is 17.9. The van der Waals surface area contributed by atoms with E-state index in [2.05, 4.69) is 11.3 Å². The Bertz CT molecular complexity index is 258. The average molecular weight is 477 g/mol. The van der Waals surface area contributed by atoms with Crippen molar-refractivity contribution in [3.8, 4) is 0 Å². The van der Waals surface area contributed by atoms with Crippen LogP contribution in [0.3, 0.4) is 0 Å². The van der Waals surface area contributed by atoms with Crippen molar-refractivity contribution in [3.63, 3.8) is 0 Å². The average Bonchev–Trinajstić information content (AvgIpc) is 2.52. The smallest absolute Gasteiger partial charge is 0.861 e. The molecule has 8 heteroatoms. The van der Waals surface area contributed by atoms with Crippen LogP contribution >= 0.6 is 0 Å². The van der Waals surface area contributed by atoms with Crippen LogP contribution in [0.25, 0.3) is 0 Å². The van der Waals surface area contributed by atoms with Gasteiger partial charge in [0.05, 0.1) is 0 Å². The molecule has 0 aliphatic rings. The summed E-state index contributed by atoms with van der Waals surface area (Å²) in [6.45, 7) is 2.32. The Hall–Kier alpha value is 4.97. The Morgan fingerprint density at radius 3 is 1.00 bits per heavy atom. The molecule has 0 rings (SSSR count). The largest absolute Gasteiger partial charge is 1.00 e. The standard InChI is InChI=1S/C19H39O4Si.3K/c1-2-3-4-5-6-7-8-9-10-11-12-13-14-15-16-17-18-19-23-24(20,21)22;;;/h2-19H2,1H3;;;/q-3;3*+1. The van der Waals surface area contributed by atoms with Crippen molar-refractivity contribution in [1.82, 2.24) is 0 Å². The van der Waals surface area contributed by atoms with Crippen LogP contribution in [0.5, 0.6) is 0 Å². The monoisotopic (exact) mass is 476 g/mol. The van der Waals surface area contributed by atoms with Crippen LogP contribution in [0, 0.1) is 0 Å². The fourth-order valence-electron chi connectivity index (χ4n) is 3.02. The van der Waals surface area contributed by atoms with Crippen LogP contribution in [0.4, 0.5) is 0 Å². The van der Waals surface area contributed by atoms with Crippen molar-refractivity contribution in [3.05, 3.63) is 0 Å². The summed E-state index contributed by atoms with van der Waals surface area (Å²) < 4.78 is 4.23. The van der Waals surface area contributed by atoms with Gasteiger partial charge >= 0.3 is 154 Å². The molecule has 0 fully saturated rings. The quantitative estimate of drug-likeness (QED) is 0.137. The minimum Gasteiger partial charge on any atom is -0.861 e. The van der Waals surface area contributed by atoms with Crippen molar-refractivity contribution in [1.29, 1.82) is 0 Å². The van der Waals surface area contributed by atoms with Crippen molar-refractivity contribution >= 4 is 9.05 Å². The van der Waals surface area contributed by atoms with E-state index in [1.54, 1.807) is 0 Å². The predicted octanol–water partition coefficient (Wildman–Crippen LogP) is -5.82. The van der Waals surface area contributed by atoms with Gasteiger partial charge in [-0.05, 0) is 6.42 Å². The summed E-state index contributed by atoms with van der Waals surface area (Å²) in [5.41, 5.74) is 0. The topological polar surface area (TPSA) is 78.4 Å². The summed E-state index contributed by atoms with van der Waals surface area (Å²) >= 11 is 0. The molecule has 0 saturated carbocycles. The molecular weight excluding hydrogens is 438 g/mol. The summed E-state index contributed by atoms with van der Waals surface area (Å²) in [6, 6.07) is 0. The molecule has 0 amide bonds. The fourth-order valence-corrected chi connectivity index (χ4v) is 3.42. The first-order valence-corrected chi connectivity index (χ1v) is 11.9. The number of hydrogen-bond acceptors (Lipinski definition) is 4. The van der Waals surface area contributed by atoms with Gasteiger partial charge in [-0.15, -0.1) is 9.05 Å². The summed E-state index contributed by atoms with van der Waals surface area (Å²) in [5.74, 6) is 0. The van der Waals surface area contributed by atoms with E-state index < -0.39 is 9.05 Å². The van der Waals surface area contributed by atoms with E-state index in [9.17, 15) is 14.4 Å². The number of hydrogen-bond donors (Lipinski definition) is 0. The van der Waals surface area contributed by atoms with Crippen molar-refractivity contribution in [2.24, 2.45) is 0 Å². The molecule has 0 aromatic rings. The first-order valence-electron chi connectivity index (χ1n) is 10.3. The summed E-state index contributed by atoms with van der Waals surface area (Å²) in [5, 5.41) is 0. The van der Waals surface area contributed by atoms with E-state index in [1.807, 2.05) is 0 Å². The van der Waals surface area contributed by atoms with Gasteiger partial charge in [0.15, 0.2) is 0 Å². The van der Waals surface area contributed by atoms with Gasteiger partial charge in [-0.3, -0.25) is 0 Å². The van der Waals surface area contributed by atoms with Crippen molar-refractivity contribution < 1.29 is 173 Å². The normalized spacial score (nSPS) is 10.7. The Morgan fingerprint density at radius 1 is 0.481 bits per heavy atom. The molecule has 0 aliphatic carbocycles. The molecule has 0 aliphatic heterocycles.